The van der Waals surface area contributed by atoms with Crippen molar-refractivity contribution in [2.45, 2.75) is 10.1 Å². The van der Waals surface area contributed by atoms with Crippen LogP contribution in [-0.2, 0) is 5.75 Å². The molecule has 0 saturated carbocycles. The first kappa shape index (κ1) is 10.4. The van der Waals surface area contributed by atoms with Gasteiger partial charge >= 0.3 is 0 Å². The first-order chi connectivity index (χ1) is 7.38. The lowest BCUT2D eigenvalue weighted by atomic mass is 10.2. The van der Waals surface area contributed by atoms with Crippen molar-refractivity contribution in [1.29, 1.82) is 0 Å². The third kappa shape index (κ3) is 2.91. The second-order valence-corrected chi connectivity index (χ2v) is 5.01. The number of thiazole rings is 1. The van der Waals surface area contributed by atoms with E-state index >= 15 is 0 Å². The molecule has 2 rings (SSSR count). The highest BCUT2D eigenvalue weighted by atomic mass is 32.2. The molecular weight excluding hydrogens is 226 g/mol. The molecule has 0 spiro atoms. The fourth-order valence-electron chi connectivity index (χ4n) is 1.11. The Hall–Kier alpha value is -1.13. The summed E-state index contributed by atoms with van der Waals surface area (Å²) in [5, 5.41) is 1.78. The lowest BCUT2D eigenvalue weighted by molar-refractivity contribution is 0.111. The van der Waals surface area contributed by atoms with Gasteiger partial charge in [0.2, 0.25) is 0 Å². The van der Waals surface area contributed by atoms with E-state index in [4.69, 9.17) is 0 Å². The fraction of sp³-hybridized carbons (Fsp3) is 0.0909. The van der Waals surface area contributed by atoms with Gasteiger partial charge in [-0.2, -0.15) is 0 Å². The predicted octanol–water partition coefficient (Wildman–Crippen LogP) is 3.25. The number of hydrogen-bond acceptors (Lipinski definition) is 4. The molecule has 15 heavy (non-hydrogen) atoms. The first-order valence-corrected chi connectivity index (χ1v) is 6.32. The van der Waals surface area contributed by atoms with Crippen molar-refractivity contribution in [3.63, 3.8) is 0 Å². The number of nitrogens with zero attached hydrogens (tertiary/aromatic N) is 1. The Labute approximate surface area is 96.4 Å². The smallest absolute Gasteiger partial charge is 0.169 e. The van der Waals surface area contributed by atoms with Gasteiger partial charge in [-0.1, -0.05) is 42.1 Å². The molecule has 0 aliphatic carbocycles. The van der Waals surface area contributed by atoms with Gasteiger partial charge in [-0.05, 0) is 5.56 Å². The third-order valence-electron chi connectivity index (χ3n) is 1.83. The van der Waals surface area contributed by atoms with Crippen LogP contribution in [0.2, 0.25) is 0 Å². The third-order valence-corrected chi connectivity index (χ3v) is 3.94. The predicted molar refractivity (Wildman–Crippen MR) is 63.5 cm³/mol. The zero-order valence-corrected chi connectivity index (χ0v) is 9.55. The van der Waals surface area contributed by atoms with E-state index in [1.54, 1.807) is 17.1 Å². The van der Waals surface area contributed by atoms with Crippen LogP contribution in [0.15, 0.2) is 40.1 Å². The Morgan fingerprint density at radius 3 is 2.80 bits per heavy atom. The zero-order valence-electron chi connectivity index (χ0n) is 7.92. The molecule has 2 aromatic rings. The number of carbonyl (C=O) groups excluding carboxylic acids is 1. The molecule has 2 nitrogen and oxygen atoms in total. The van der Waals surface area contributed by atoms with Crippen LogP contribution in [0.25, 0.3) is 0 Å². The monoisotopic (exact) mass is 235 g/mol. The Morgan fingerprint density at radius 1 is 1.33 bits per heavy atom. The molecule has 1 aromatic heterocycles. The highest BCUT2D eigenvalue weighted by Gasteiger charge is 2.01. The van der Waals surface area contributed by atoms with E-state index in [9.17, 15) is 4.79 Å². The first-order valence-electron chi connectivity index (χ1n) is 4.46. The molecule has 4 heteroatoms. The zero-order chi connectivity index (χ0) is 10.5. The largest absolute Gasteiger partial charge is 0.296 e. The second-order valence-electron chi connectivity index (χ2n) is 2.93. The van der Waals surface area contributed by atoms with Gasteiger partial charge in [0.1, 0.15) is 5.69 Å². The van der Waals surface area contributed by atoms with Crippen LogP contribution in [-0.4, -0.2) is 11.3 Å². The SMILES string of the molecule is O=Cc1csc(SCc2ccccc2)n1. The minimum absolute atomic E-state index is 0.524. The minimum atomic E-state index is 0.524. The summed E-state index contributed by atoms with van der Waals surface area (Å²) in [6.45, 7) is 0. The molecule has 0 fully saturated rings. The summed E-state index contributed by atoms with van der Waals surface area (Å²) in [6.07, 6.45) is 0.781. The van der Waals surface area contributed by atoms with Gasteiger partial charge < -0.3 is 0 Å². The molecule has 0 N–H and O–H groups in total. The summed E-state index contributed by atoms with van der Waals surface area (Å²) in [5.41, 5.74) is 1.79. The van der Waals surface area contributed by atoms with Crippen molar-refractivity contribution < 1.29 is 4.79 Å². The summed E-state index contributed by atoms with van der Waals surface area (Å²) in [6, 6.07) is 10.2. The molecule has 0 saturated heterocycles. The van der Waals surface area contributed by atoms with Gasteiger partial charge in [-0.3, -0.25) is 4.79 Å². The number of benzene rings is 1. The van der Waals surface area contributed by atoms with Crippen LogP contribution in [0.3, 0.4) is 0 Å². The highest BCUT2D eigenvalue weighted by Crippen LogP contribution is 2.25. The number of thioether (sulfide) groups is 1. The van der Waals surface area contributed by atoms with Gasteiger partial charge in [0, 0.05) is 11.1 Å². The van der Waals surface area contributed by atoms with E-state index in [-0.39, 0.29) is 0 Å². The quantitative estimate of drug-likeness (QED) is 0.602. The van der Waals surface area contributed by atoms with Crippen LogP contribution in [0, 0.1) is 0 Å². The van der Waals surface area contributed by atoms with Crippen molar-refractivity contribution in [1.82, 2.24) is 4.98 Å². The van der Waals surface area contributed by atoms with E-state index in [0.717, 1.165) is 16.4 Å². The minimum Gasteiger partial charge on any atom is -0.296 e. The van der Waals surface area contributed by atoms with E-state index in [2.05, 4.69) is 17.1 Å². The molecule has 0 radical (unpaired) electrons. The van der Waals surface area contributed by atoms with Gasteiger partial charge in [0.25, 0.3) is 0 Å². The van der Waals surface area contributed by atoms with Crippen molar-refractivity contribution in [2.24, 2.45) is 0 Å². The molecule has 0 amide bonds. The summed E-state index contributed by atoms with van der Waals surface area (Å²) in [7, 11) is 0. The van der Waals surface area contributed by atoms with Crippen LogP contribution < -0.4 is 0 Å². The Kier molecular flexibility index (Phi) is 3.53. The Morgan fingerprint density at radius 2 is 2.13 bits per heavy atom. The molecule has 1 heterocycles. The van der Waals surface area contributed by atoms with Crippen LogP contribution in [0.4, 0.5) is 0 Å². The number of carbonyl (C=O) groups is 1. The molecule has 76 valence electrons. The molecular formula is C11H9NOS2. The van der Waals surface area contributed by atoms with Gasteiger partial charge in [0.05, 0.1) is 0 Å². The van der Waals surface area contributed by atoms with Gasteiger partial charge in [0.15, 0.2) is 10.6 Å². The van der Waals surface area contributed by atoms with Crippen molar-refractivity contribution in [3.05, 3.63) is 47.0 Å². The van der Waals surface area contributed by atoms with Crippen molar-refractivity contribution in [3.8, 4) is 0 Å². The van der Waals surface area contributed by atoms with Crippen LogP contribution >= 0.6 is 23.1 Å². The van der Waals surface area contributed by atoms with Gasteiger partial charge in [-0.25, -0.2) is 4.98 Å². The molecule has 0 bridgehead atoms. The maximum absolute atomic E-state index is 10.4. The summed E-state index contributed by atoms with van der Waals surface area (Å²) in [4.78, 5) is 14.6. The maximum atomic E-state index is 10.4. The van der Waals surface area contributed by atoms with E-state index in [1.807, 2.05) is 18.2 Å². The van der Waals surface area contributed by atoms with Crippen molar-refractivity contribution >= 4 is 29.4 Å². The van der Waals surface area contributed by atoms with E-state index in [1.165, 1.54) is 16.9 Å². The standard InChI is InChI=1S/C11H9NOS2/c13-6-10-8-15-11(12-10)14-7-9-4-2-1-3-5-9/h1-6,8H,7H2. The molecule has 1 aromatic carbocycles. The van der Waals surface area contributed by atoms with Crippen LogP contribution in [0.5, 0.6) is 0 Å². The average molecular weight is 235 g/mol. The normalized spacial score (nSPS) is 10.1. The lowest BCUT2D eigenvalue weighted by Crippen LogP contribution is -1.80. The molecule has 0 aliphatic heterocycles. The topological polar surface area (TPSA) is 30.0 Å². The maximum Gasteiger partial charge on any atom is 0.169 e. The lowest BCUT2D eigenvalue weighted by Gasteiger charge is -1.97. The van der Waals surface area contributed by atoms with E-state index in [0.29, 0.717) is 5.69 Å². The Balaban J connectivity index is 1.96. The van der Waals surface area contributed by atoms with Crippen molar-refractivity contribution in [2.75, 3.05) is 0 Å². The van der Waals surface area contributed by atoms with E-state index < -0.39 is 0 Å². The number of rotatable bonds is 4. The summed E-state index contributed by atoms with van der Waals surface area (Å²) >= 11 is 3.17. The summed E-state index contributed by atoms with van der Waals surface area (Å²) < 4.78 is 0.945. The second kappa shape index (κ2) is 5.09. The number of aromatic nitrogens is 1. The molecule has 0 atom stereocenters. The summed E-state index contributed by atoms with van der Waals surface area (Å²) in [5.74, 6) is 0.895. The molecule has 0 aliphatic rings. The number of aldehydes is 1. The fourth-order valence-corrected chi connectivity index (χ4v) is 2.84. The Bertz CT molecular complexity index is 439. The average Bonchev–Trinajstić information content (AvgIpc) is 2.76. The number of hydrogen-bond donors (Lipinski definition) is 0. The van der Waals surface area contributed by atoms with Gasteiger partial charge in [-0.15, -0.1) is 11.3 Å². The van der Waals surface area contributed by atoms with Crippen LogP contribution in [0.1, 0.15) is 16.1 Å². The highest BCUT2D eigenvalue weighted by molar-refractivity contribution is 8.00. The molecule has 0 unspecified atom stereocenters.